The second-order valence-corrected chi connectivity index (χ2v) is 5.22. The maximum Gasteiger partial charge on any atom is 0.0115 e. The van der Waals surface area contributed by atoms with Gasteiger partial charge in [-0.15, -0.1) is 6.58 Å². The molecule has 1 heteroatoms. The van der Waals surface area contributed by atoms with Crippen LogP contribution in [-0.2, 0) is 0 Å². The molecule has 1 saturated carbocycles. The van der Waals surface area contributed by atoms with Gasteiger partial charge in [-0.1, -0.05) is 65.2 Å². The lowest BCUT2D eigenvalue weighted by Gasteiger charge is -1.97. The van der Waals surface area contributed by atoms with Crippen molar-refractivity contribution in [3.63, 3.8) is 0 Å². The minimum Gasteiger partial charge on any atom is -0.365 e. The van der Waals surface area contributed by atoms with E-state index in [1.165, 1.54) is 30.5 Å². The van der Waals surface area contributed by atoms with E-state index in [0.29, 0.717) is 0 Å². The Labute approximate surface area is 127 Å². The molecule has 1 heterocycles. The van der Waals surface area contributed by atoms with Crippen LogP contribution < -0.4 is 5.32 Å². The molecule has 0 saturated heterocycles. The fourth-order valence-corrected chi connectivity index (χ4v) is 1.01. The second kappa shape index (κ2) is 15.8. The van der Waals surface area contributed by atoms with E-state index in [4.69, 9.17) is 0 Å². The van der Waals surface area contributed by atoms with Gasteiger partial charge in [-0.25, -0.2) is 0 Å². The first-order valence-electron chi connectivity index (χ1n) is 7.93. The molecule has 0 spiro atoms. The van der Waals surface area contributed by atoms with Gasteiger partial charge < -0.3 is 5.32 Å². The van der Waals surface area contributed by atoms with Crippen molar-refractivity contribution < 1.29 is 0 Å². The summed E-state index contributed by atoms with van der Waals surface area (Å²) < 4.78 is 0. The fourth-order valence-electron chi connectivity index (χ4n) is 1.01. The van der Waals surface area contributed by atoms with Crippen molar-refractivity contribution in [2.75, 3.05) is 0 Å². The monoisotopic (exact) mass is 277 g/mol. The topological polar surface area (TPSA) is 12.0 Å². The largest absolute Gasteiger partial charge is 0.365 e. The van der Waals surface area contributed by atoms with E-state index in [1.54, 1.807) is 6.08 Å². The molecule has 0 aromatic carbocycles. The Bertz CT molecular complexity index is 304. The molecule has 1 fully saturated rings. The van der Waals surface area contributed by atoms with Gasteiger partial charge in [0.2, 0.25) is 0 Å². The molecular formula is C19H35N. The normalized spacial score (nSPS) is 15.3. The maximum absolute atomic E-state index is 3.36. The highest BCUT2D eigenvalue weighted by Crippen LogP contribution is 2.26. The summed E-state index contributed by atoms with van der Waals surface area (Å²) in [6.07, 6.45) is 15.4. The van der Waals surface area contributed by atoms with Gasteiger partial charge in [0.1, 0.15) is 0 Å². The summed E-state index contributed by atoms with van der Waals surface area (Å²) in [5.74, 6) is 1.08. The Balaban J connectivity index is 0. The summed E-state index contributed by atoms with van der Waals surface area (Å²) in [5.41, 5.74) is 2.54. The fraction of sp³-hybridized carbons (Fsp3) is 0.579. The van der Waals surface area contributed by atoms with Crippen molar-refractivity contribution in [2.24, 2.45) is 5.92 Å². The van der Waals surface area contributed by atoms with Crippen LogP contribution in [-0.4, -0.2) is 0 Å². The van der Waals surface area contributed by atoms with E-state index in [9.17, 15) is 0 Å². The highest BCUT2D eigenvalue weighted by molar-refractivity contribution is 5.27. The van der Waals surface area contributed by atoms with Crippen molar-refractivity contribution in [2.45, 2.75) is 67.2 Å². The van der Waals surface area contributed by atoms with Gasteiger partial charge in [-0.05, 0) is 37.8 Å². The number of nitrogens with one attached hydrogen (secondary N) is 1. The molecule has 1 aliphatic heterocycles. The number of hydrogen-bond donors (Lipinski definition) is 1. The molecule has 116 valence electrons. The van der Waals surface area contributed by atoms with Crippen LogP contribution >= 0.6 is 0 Å². The number of allylic oxidation sites excluding steroid dienone is 6. The molecule has 0 aromatic rings. The summed E-state index contributed by atoms with van der Waals surface area (Å²) in [4.78, 5) is 0. The van der Waals surface area contributed by atoms with Crippen LogP contribution in [0.2, 0.25) is 0 Å². The molecule has 2 aliphatic rings. The first-order chi connectivity index (χ1) is 9.55. The average molecular weight is 277 g/mol. The molecule has 2 rings (SSSR count). The van der Waals surface area contributed by atoms with Crippen LogP contribution in [0.4, 0.5) is 0 Å². The van der Waals surface area contributed by atoms with E-state index in [2.05, 4.69) is 70.9 Å². The zero-order valence-corrected chi connectivity index (χ0v) is 14.5. The maximum atomic E-state index is 3.36. The summed E-state index contributed by atoms with van der Waals surface area (Å²) >= 11 is 0. The van der Waals surface area contributed by atoms with Gasteiger partial charge in [-0.2, -0.15) is 0 Å². The molecule has 0 atom stereocenters. The first-order valence-corrected chi connectivity index (χ1v) is 7.93. The molecule has 0 aromatic heterocycles. The molecule has 1 N–H and O–H groups in total. The Morgan fingerprint density at radius 1 is 1.30 bits per heavy atom. The summed E-state index contributed by atoms with van der Waals surface area (Å²) in [6, 6.07) is 0. The second-order valence-electron chi connectivity index (χ2n) is 5.22. The third kappa shape index (κ3) is 19.1. The standard InChI is InChI=1S/C9H13N.C4H8.C3H8.C3H6/c1-3-9-6-4-5-8(2)10-7-9;1-4-2-3-4;2*1-3-2/h4-7,10H,3H2,1-2H3;4H,2-3H2,1H3;3H2,1-2H3;3H,1H2,2H3. The number of rotatable bonds is 1. The van der Waals surface area contributed by atoms with Gasteiger partial charge in [0.15, 0.2) is 0 Å². The molecule has 1 aliphatic carbocycles. The molecule has 1 nitrogen and oxygen atoms in total. The molecule has 0 bridgehead atoms. The van der Waals surface area contributed by atoms with Crippen molar-refractivity contribution in [3.05, 3.63) is 48.4 Å². The van der Waals surface area contributed by atoms with E-state index < -0.39 is 0 Å². The summed E-state index contributed by atoms with van der Waals surface area (Å²) in [7, 11) is 0. The molecule has 0 unspecified atom stereocenters. The highest BCUT2D eigenvalue weighted by atomic mass is 14.8. The molecular weight excluding hydrogens is 242 g/mol. The van der Waals surface area contributed by atoms with Gasteiger partial charge in [0, 0.05) is 11.9 Å². The summed E-state index contributed by atoms with van der Waals surface area (Å²) in [6.45, 7) is 16.0. The predicted octanol–water partition coefficient (Wildman–Crippen LogP) is 6.37. The van der Waals surface area contributed by atoms with Gasteiger partial charge in [0.25, 0.3) is 0 Å². The first kappa shape index (κ1) is 21.1. The van der Waals surface area contributed by atoms with Crippen LogP contribution in [0.5, 0.6) is 0 Å². The van der Waals surface area contributed by atoms with Crippen LogP contribution in [0.3, 0.4) is 0 Å². The predicted molar refractivity (Wildman–Crippen MR) is 94.6 cm³/mol. The van der Waals surface area contributed by atoms with E-state index >= 15 is 0 Å². The Morgan fingerprint density at radius 2 is 1.75 bits per heavy atom. The van der Waals surface area contributed by atoms with E-state index in [0.717, 1.165) is 12.3 Å². The SMILES string of the molecule is C=CC.CC1CC1.CCC.CCC1=CNC(C)=CC=C1. The van der Waals surface area contributed by atoms with Gasteiger partial charge in [-0.3, -0.25) is 0 Å². The van der Waals surface area contributed by atoms with Crippen LogP contribution in [0, 0.1) is 5.92 Å². The minimum absolute atomic E-state index is 1.08. The lowest BCUT2D eigenvalue weighted by atomic mass is 10.2. The zero-order valence-electron chi connectivity index (χ0n) is 14.5. The smallest absolute Gasteiger partial charge is 0.0115 e. The Morgan fingerprint density at radius 3 is 2.10 bits per heavy atom. The molecule has 20 heavy (non-hydrogen) atoms. The lowest BCUT2D eigenvalue weighted by molar-refractivity contribution is 0.983. The molecule has 0 amide bonds. The quantitative estimate of drug-likeness (QED) is 0.549. The Hall–Kier alpha value is -1.24. The van der Waals surface area contributed by atoms with Crippen molar-refractivity contribution in [1.29, 1.82) is 0 Å². The third-order valence-electron chi connectivity index (χ3n) is 2.42. The van der Waals surface area contributed by atoms with Crippen LogP contribution in [0.15, 0.2) is 48.4 Å². The van der Waals surface area contributed by atoms with Gasteiger partial charge >= 0.3 is 0 Å². The van der Waals surface area contributed by atoms with Crippen LogP contribution in [0.25, 0.3) is 0 Å². The Kier molecular flexibility index (Phi) is 16.7. The lowest BCUT2D eigenvalue weighted by Crippen LogP contribution is -2.00. The average Bonchev–Trinajstić information content (AvgIpc) is 3.20. The van der Waals surface area contributed by atoms with E-state index in [1.807, 2.05) is 6.92 Å². The zero-order chi connectivity index (χ0) is 15.8. The van der Waals surface area contributed by atoms with Crippen molar-refractivity contribution >= 4 is 0 Å². The van der Waals surface area contributed by atoms with Crippen molar-refractivity contribution in [1.82, 2.24) is 5.32 Å². The highest BCUT2D eigenvalue weighted by Gasteiger charge is 2.12. The van der Waals surface area contributed by atoms with Crippen molar-refractivity contribution in [3.8, 4) is 0 Å². The third-order valence-corrected chi connectivity index (χ3v) is 2.42. The molecule has 0 radical (unpaired) electrons. The summed E-state index contributed by atoms with van der Waals surface area (Å²) in [5, 5.41) is 3.18. The van der Waals surface area contributed by atoms with E-state index in [-0.39, 0.29) is 0 Å². The van der Waals surface area contributed by atoms with Gasteiger partial charge in [0.05, 0.1) is 0 Å². The minimum atomic E-state index is 1.08. The number of hydrogen-bond acceptors (Lipinski definition) is 1. The van der Waals surface area contributed by atoms with Crippen LogP contribution in [0.1, 0.15) is 67.2 Å².